The van der Waals surface area contributed by atoms with E-state index in [1.54, 1.807) is 18.6 Å². The maximum absolute atomic E-state index is 13.2. The van der Waals surface area contributed by atoms with Gasteiger partial charge >= 0.3 is 0 Å². The van der Waals surface area contributed by atoms with Gasteiger partial charge in [-0.15, -0.1) is 0 Å². The number of imidazole rings is 1. The van der Waals surface area contributed by atoms with Crippen LogP contribution in [0, 0.1) is 5.92 Å². The van der Waals surface area contributed by atoms with Crippen LogP contribution in [-0.2, 0) is 10.0 Å². The van der Waals surface area contributed by atoms with E-state index in [4.69, 9.17) is 11.6 Å². The molecule has 1 aliphatic rings. The van der Waals surface area contributed by atoms with E-state index in [0.717, 1.165) is 24.1 Å². The first-order valence-corrected chi connectivity index (χ1v) is 12.8. The summed E-state index contributed by atoms with van der Waals surface area (Å²) in [6.45, 7) is 4.84. The van der Waals surface area contributed by atoms with Crippen molar-refractivity contribution in [2.75, 3.05) is 13.1 Å². The molecule has 2 unspecified atom stereocenters. The van der Waals surface area contributed by atoms with Gasteiger partial charge in [-0.1, -0.05) is 30.7 Å². The molecule has 7 nitrogen and oxygen atoms in total. The van der Waals surface area contributed by atoms with Crippen molar-refractivity contribution in [3.05, 3.63) is 77.3 Å². The Hall–Kier alpha value is -2.68. The Bertz CT molecular complexity index is 1230. The number of carbonyl (C=O) groups is 1. The van der Waals surface area contributed by atoms with Crippen LogP contribution in [0.2, 0.25) is 5.02 Å². The molecule has 1 amide bonds. The minimum atomic E-state index is -3.77. The van der Waals surface area contributed by atoms with E-state index in [9.17, 15) is 13.2 Å². The fourth-order valence-corrected chi connectivity index (χ4v) is 6.16. The number of benzene rings is 2. The third-order valence-electron chi connectivity index (χ3n) is 5.97. The number of carbonyl (C=O) groups excluding carboxylic acids is 1. The number of aromatic nitrogens is 2. The molecule has 4 rings (SSSR count). The fourth-order valence-electron chi connectivity index (χ4n) is 4.06. The molecule has 0 bridgehead atoms. The Morgan fingerprint density at radius 1 is 1.21 bits per heavy atom. The van der Waals surface area contributed by atoms with E-state index in [2.05, 4.69) is 10.3 Å². The molecular weight excluding hydrogens is 460 g/mol. The largest absolute Gasteiger partial charge is 0.346 e. The number of hydrogen-bond acceptors (Lipinski definition) is 4. The van der Waals surface area contributed by atoms with Gasteiger partial charge < -0.3 is 9.88 Å². The number of hydrogen-bond donors (Lipinski definition) is 1. The molecule has 1 aliphatic heterocycles. The molecule has 1 aromatic heterocycles. The summed E-state index contributed by atoms with van der Waals surface area (Å²) in [7, 11) is -3.77. The third-order valence-corrected chi connectivity index (χ3v) is 8.32. The van der Waals surface area contributed by atoms with Gasteiger partial charge in [-0.05, 0) is 61.6 Å². The molecular formula is C24H27ClN4O3S. The van der Waals surface area contributed by atoms with Crippen molar-refractivity contribution in [2.24, 2.45) is 5.92 Å². The highest BCUT2D eigenvalue weighted by molar-refractivity contribution is 7.89. The topological polar surface area (TPSA) is 84.3 Å². The smallest absolute Gasteiger partial charge is 0.251 e. The van der Waals surface area contributed by atoms with Crippen LogP contribution in [0.4, 0.5) is 0 Å². The first-order valence-electron chi connectivity index (χ1n) is 10.9. The van der Waals surface area contributed by atoms with E-state index in [0.29, 0.717) is 19.0 Å². The van der Waals surface area contributed by atoms with E-state index in [1.807, 2.05) is 48.9 Å². The maximum Gasteiger partial charge on any atom is 0.251 e. The Balaban J connectivity index is 1.50. The predicted molar refractivity (Wildman–Crippen MR) is 128 cm³/mol. The van der Waals surface area contributed by atoms with Crippen LogP contribution in [0.5, 0.6) is 0 Å². The molecule has 9 heteroatoms. The molecule has 1 N–H and O–H groups in total. The van der Waals surface area contributed by atoms with Gasteiger partial charge in [0.1, 0.15) is 4.90 Å². The molecule has 174 valence electrons. The Morgan fingerprint density at radius 3 is 2.64 bits per heavy atom. The molecule has 2 aromatic carbocycles. The molecule has 0 saturated carbocycles. The second-order valence-corrected chi connectivity index (χ2v) is 10.8. The van der Waals surface area contributed by atoms with Crippen molar-refractivity contribution in [1.82, 2.24) is 19.2 Å². The first kappa shape index (κ1) is 23.5. The number of nitrogens with zero attached hydrogens (tertiary/aromatic N) is 3. The van der Waals surface area contributed by atoms with Crippen molar-refractivity contribution in [1.29, 1.82) is 0 Å². The van der Waals surface area contributed by atoms with Gasteiger partial charge in [-0.3, -0.25) is 4.79 Å². The molecule has 1 saturated heterocycles. The molecule has 0 spiro atoms. The zero-order chi connectivity index (χ0) is 23.6. The summed E-state index contributed by atoms with van der Waals surface area (Å²) in [5.41, 5.74) is 2.15. The normalized spacial score (nSPS) is 18.1. The maximum atomic E-state index is 13.2. The number of amides is 1. The highest BCUT2D eigenvalue weighted by Gasteiger charge is 2.31. The van der Waals surface area contributed by atoms with Crippen LogP contribution in [0.25, 0.3) is 5.69 Å². The first-order chi connectivity index (χ1) is 15.8. The molecule has 2 heterocycles. The van der Waals surface area contributed by atoms with E-state index >= 15 is 0 Å². The van der Waals surface area contributed by atoms with Crippen LogP contribution in [-0.4, -0.2) is 41.3 Å². The summed E-state index contributed by atoms with van der Waals surface area (Å²) in [5, 5.41) is 3.06. The molecule has 0 aliphatic carbocycles. The zero-order valence-electron chi connectivity index (χ0n) is 18.6. The monoisotopic (exact) mass is 486 g/mol. The minimum Gasteiger partial charge on any atom is -0.346 e. The van der Waals surface area contributed by atoms with Crippen LogP contribution >= 0.6 is 11.6 Å². The van der Waals surface area contributed by atoms with Gasteiger partial charge in [-0.2, -0.15) is 4.31 Å². The Morgan fingerprint density at radius 2 is 1.97 bits per heavy atom. The SMILES string of the molecule is CC1CCCN(S(=O)(=O)c2cc(C(=O)NC(C)c3ccc(-n4ccnc4)cc3)ccc2Cl)C1. The van der Waals surface area contributed by atoms with Crippen LogP contribution in [0.15, 0.2) is 66.1 Å². The molecule has 2 atom stereocenters. The highest BCUT2D eigenvalue weighted by Crippen LogP contribution is 2.29. The fraction of sp³-hybridized carbons (Fsp3) is 0.333. The lowest BCUT2D eigenvalue weighted by atomic mass is 10.0. The summed E-state index contributed by atoms with van der Waals surface area (Å²) in [4.78, 5) is 16.9. The number of rotatable bonds is 6. The minimum absolute atomic E-state index is 0.0248. The van der Waals surface area contributed by atoms with Crippen LogP contribution < -0.4 is 5.32 Å². The van der Waals surface area contributed by atoms with Crippen molar-refractivity contribution in [3.8, 4) is 5.69 Å². The average molecular weight is 487 g/mol. The quantitative estimate of drug-likeness (QED) is 0.558. The second kappa shape index (κ2) is 9.67. The van der Waals surface area contributed by atoms with E-state index in [-0.39, 0.29) is 27.4 Å². The lowest BCUT2D eigenvalue weighted by Crippen LogP contribution is -2.39. The van der Waals surface area contributed by atoms with Crippen molar-refractivity contribution < 1.29 is 13.2 Å². The molecule has 0 radical (unpaired) electrons. The lowest BCUT2D eigenvalue weighted by molar-refractivity contribution is 0.0939. The summed E-state index contributed by atoms with van der Waals surface area (Å²) < 4.78 is 29.8. The number of sulfonamides is 1. The van der Waals surface area contributed by atoms with E-state index in [1.165, 1.54) is 16.4 Å². The third kappa shape index (κ3) is 5.13. The molecule has 1 fully saturated rings. The molecule has 33 heavy (non-hydrogen) atoms. The van der Waals surface area contributed by atoms with Crippen LogP contribution in [0.1, 0.15) is 48.7 Å². The lowest BCUT2D eigenvalue weighted by Gasteiger charge is -2.30. The van der Waals surface area contributed by atoms with Gasteiger partial charge in [0.25, 0.3) is 5.91 Å². The van der Waals surface area contributed by atoms with Gasteiger partial charge in [-0.25, -0.2) is 13.4 Å². The Labute approximate surface area is 199 Å². The average Bonchev–Trinajstić information content (AvgIpc) is 3.34. The standard InChI is InChI=1S/C24H27ClN4O3S/c1-17-4-3-12-29(15-17)33(31,32)23-14-20(7-10-22(23)25)24(30)27-18(2)19-5-8-21(9-6-19)28-13-11-26-16-28/h5-11,13-14,16-18H,3-4,12,15H2,1-2H3,(H,27,30). The summed E-state index contributed by atoms with van der Waals surface area (Å²) in [5.74, 6) is -0.0684. The highest BCUT2D eigenvalue weighted by atomic mass is 35.5. The summed E-state index contributed by atoms with van der Waals surface area (Å²) in [6, 6.07) is 11.9. The second-order valence-electron chi connectivity index (χ2n) is 8.51. The van der Waals surface area contributed by atoms with E-state index < -0.39 is 10.0 Å². The predicted octanol–water partition coefficient (Wildman–Crippen LogP) is 4.44. The summed E-state index contributed by atoms with van der Waals surface area (Å²) >= 11 is 6.26. The van der Waals surface area contributed by atoms with Crippen molar-refractivity contribution in [3.63, 3.8) is 0 Å². The van der Waals surface area contributed by atoms with Gasteiger partial charge in [0.05, 0.1) is 17.4 Å². The Kier molecular flexibility index (Phi) is 6.88. The molecule has 3 aromatic rings. The van der Waals surface area contributed by atoms with Crippen molar-refractivity contribution in [2.45, 2.75) is 37.6 Å². The summed E-state index contributed by atoms with van der Waals surface area (Å²) in [6.07, 6.45) is 7.11. The van der Waals surface area contributed by atoms with Gasteiger partial charge in [0, 0.05) is 36.7 Å². The van der Waals surface area contributed by atoms with Gasteiger partial charge in [0.15, 0.2) is 0 Å². The van der Waals surface area contributed by atoms with Crippen molar-refractivity contribution >= 4 is 27.5 Å². The zero-order valence-corrected chi connectivity index (χ0v) is 20.2. The van der Waals surface area contributed by atoms with Gasteiger partial charge in [0.2, 0.25) is 10.0 Å². The number of piperidine rings is 1. The number of halogens is 1. The van der Waals surface area contributed by atoms with Crippen LogP contribution in [0.3, 0.4) is 0 Å². The number of nitrogens with one attached hydrogen (secondary N) is 1.